The number of anilines is 1. The maximum Gasteiger partial charge on any atom is 0.248 e. The van der Waals surface area contributed by atoms with Crippen LogP contribution in [0.2, 0.25) is 0 Å². The van der Waals surface area contributed by atoms with E-state index in [1.54, 1.807) is 42.1 Å². The maximum atomic E-state index is 12.2. The first-order chi connectivity index (χ1) is 13.9. The first-order valence-electron chi connectivity index (χ1n) is 9.09. The number of hydrogen-bond donors (Lipinski definition) is 2. The molecule has 150 valence electrons. The van der Waals surface area contributed by atoms with E-state index in [-0.39, 0.29) is 10.8 Å². The fraction of sp³-hybridized carbons (Fsp3) is 0.143. The Hall–Kier alpha value is -3.23. The lowest BCUT2D eigenvalue weighted by molar-refractivity contribution is -0.111. The number of rotatable bonds is 7. The summed E-state index contributed by atoms with van der Waals surface area (Å²) in [6.45, 7) is 4.00. The summed E-state index contributed by atoms with van der Waals surface area (Å²) in [5.74, 6) is -0.288. The minimum Gasteiger partial charge on any atom is -0.322 e. The Labute approximate surface area is 170 Å². The predicted molar refractivity (Wildman–Crippen MR) is 113 cm³/mol. The van der Waals surface area contributed by atoms with Gasteiger partial charge in [0.1, 0.15) is 0 Å². The van der Waals surface area contributed by atoms with Gasteiger partial charge in [-0.1, -0.05) is 25.1 Å². The largest absolute Gasteiger partial charge is 0.322 e. The minimum atomic E-state index is -3.49. The summed E-state index contributed by atoms with van der Waals surface area (Å²) < 4.78 is 28.1. The van der Waals surface area contributed by atoms with Gasteiger partial charge in [0.05, 0.1) is 10.6 Å². The van der Waals surface area contributed by atoms with Gasteiger partial charge < -0.3 is 5.32 Å². The third-order valence-corrected chi connectivity index (χ3v) is 5.70. The van der Waals surface area contributed by atoms with Gasteiger partial charge in [0.2, 0.25) is 15.9 Å². The Morgan fingerprint density at radius 1 is 1.14 bits per heavy atom. The van der Waals surface area contributed by atoms with Crippen LogP contribution < -0.4 is 10.0 Å². The first kappa shape index (κ1) is 20.5. The zero-order chi connectivity index (χ0) is 20.9. The summed E-state index contributed by atoms with van der Waals surface area (Å²) >= 11 is 0. The second-order valence-electron chi connectivity index (χ2n) is 6.33. The highest BCUT2D eigenvalue weighted by molar-refractivity contribution is 7.89. The van der Waals surface area contributed by atoms with Crippen molar-refractivity contribution in [2.75, 3.05) is 11.9 Å². The van der Waals surface area contributed by atoms with E-state index in [2.05, 4.69) is 15.1 Å². The average Bonchev–Trinajstić information content (AvgIpc) is 3.13. The van der Waals surface area contributed by atoms with E-state index in [1.807, 2.05) is 31.2 Å². The Morgan fingerprint density at radius 2 is 1.90 bits per heavy atom. The summed E-state index contributed by atoms with van der Waals surface area (Å²) in [7, 11) is -3.49. The second kappa shape index (κ2) is 8.85. The Bertz CT molecular complexity index is 1130. The van der Waals surface area contributed by atoms with Crippen LogP contribution in [0.15, 0.2) is 71.8 Å². The molecule has 2 aromatic carbocycles. The number of aryl methyl sites for hydroxylation is 1. The molecule has 0 bridgehead atoms. The molecule has 29 heavy (non-hydrogen) atoms. The Kier molecular flexibility index (Phi) is 6.26. The second-order valence-corrected chi connectivity index (χ2v) is 8.09. The Morgan fingerprint density at radius 3 is 2.55 bits per heavy atom. The molecule has 0 saturated heterocycles. The van der Waals surface area contributed by atoms with E-state index in [0.29, 0.717) is 12.2 Å². The minimum absolute atomic E-state index is 0.187. The molecule has 0 aliphatic rings. The highest BCUT2D eigenvalue weighted by Crippen LogP contribution is 2.16. The quantitative estimate of drug-likeness (QED) is 0.585. The monoisotopic (exact) mass is 410 g/mol. The van der Waals surface area contributed by atoms with Crippen LogP contribution in [0.3, 0.4) is 0 Å². The van der Waals surface area contributed by atoms with Crippen LogP contribution in [0, 0.1) is 6.92 Å². The van der Waals surface area contributed by atoms with E-state index in [9.17, 15) is 13.2 Å². The summed E-state index contributed by atoms with van der Waals surface area (Å²) in [6.07, 6.45) is 4.75. The van der Waals surface area contributed by atoms with Gasteiger partial charge in [0.25, 0.3) is 0 Å². The molecule has 0 unspecified atom stereocenters. The van der Waals surface area contributed by atoms with Gasteiger partial charge in [-0.25, -0.2) is 17.8 Å². The number of nitrogens with zero attached hydrogens (tertiary/aromatic N) is 2. The van der Waals surface area contributed by atoms with Gasteiger partial charge in [-0.3, -0.25) is 4.79 Å². The summed E-state index contributed by atoms with van der Waals surface area (Å²) in [5.41, 5.74) is 3.22. The average molecular weight is 410 g/mol. The Balaban J connectivity index is 1.67. The number of nitrogens with one attached hydrogen (secondary N) is 2. The molecule has 0 spiro atoms. The molecule has 0 fully saturated rings. The lowest BCUT2D eigenvalue weighted by Crippen LogP contribution is -2.22. The van der Waals surface area contributed by atoms with Gasteiger partial charge in [0, 0.05) is 30.2 Å². The number of aromatic nitrogens is 2. The fourth-order valence-electron chi connectivity index (χ4n) is 2.74. The van der Waals surface area contributed by atoms with Crippen molar-refractivity contribution in [1.82, 2.24) is 14.5 Å². The highest BCUT2D eigenvalue weighted by atomic mass is 32.2. The van der Waals surface area contributed by atoms with Gasteiger partial charge >= 0.3 is 0 Å². The lowest BCUT2D eigenvalue weighted by atomic mass is 10.2. The molecule has 0 atom stereocenters. The molecular weight excluding hydrogens is 388 g/mol. The molecule has 0 saturated carbocycles. The zero-order valence-corrected chi connectivity index (χ0v) is 17.0. The highest BCUT2D eigenvalue weighted by Gasteiger charge is 2.11. The molecule has 0 aliphatic heterocycles. The van der Waals surface area contributed by atoms with Gasteiger partial charge in [0.15, 0.2) is 0 Å². The smallest absolute Gasteiger partial charge is 0.248 e. The zero-order valence-electron chi connectivity index (χ0n) is 16.2. The lowest BCUT2D eigenvalue weighted by Gasteiger charge is -2.07. The molecule has 7 nitrogen and oxygen atoms in total. The first-order valence-corrected chi connectivity index (χ1v) is 10.6. The molecule has 2 N–H and O–H groups in total. The van der Waals surface area contributed by atoms with E-state index in [4.69, 9.17) is 0 Å². The molecule has 3 aromatic rings. The SMILES string of the molecule is CCNS(=O)(=O)c1ccc(/C=C/C(=O)Nc2cccc(-n3nccc3C)c2)cc1. The van der Waals surface area contributed by atoms with Crippen molar-refractivity contribution < 1.29 is 13.2 Å². The molecule has 3 rings (SSSR count). The molecule has 1 heterocycles. The van der Waals surface area contributed by atoms with Crippen LogP contribution in [-0.2, 0) is 14.8 Å². The summed E-state index contributed by atoms with van der Waals surface area (Å²) in [4.78, 5) is 12.4. The van der Waals surface area contributed by atoms with Crippen LogP contribution in [-0.4, -0.2) is 30.7 Å². The van der Waals surface area contributed by atoms with Crippen LogP contribution in [0.5, 0.6) is 0 Å². The van der Waals surface area contributed by atoms with E-state index in [1.165, 1.54) is 18.2 Å². The van der Waals surface area contributed by atoms with Crippen LogP contribution in [0.4, 0.5) is 5.69 Å². The number of carbonyl (C=O) groups excluding carboxylic acids is 1. The van der Waals surface area contributed by atoms with Crippen molar-refractivity contribution in [2.45, 2.75) is 18.7 Å². The summed E-state index contributed by atoms with van der Waals surface area (Å²) in [5, 5.41) is 7.07. The van der Waals surface area contributed by atoms with E-state index >= 15 is 0 Å². The fourth-order valence-corrected chi connectivity index (χ4v) is 3.78. The van der Waals surface area contributed by atoms with Crippen molar-refractivity contribution in [3.8, 4) is 5.69 Å². The molecule has 0 radical (unpaired) electrons. The van der Waals surface area contributed by atoms with Crippen LogP contribution >= 0.6 is 0 Å². The van der Waals surface area contributed by atoms with Crippen molar-refractivity contribution in [3.05, 3.63) is 78.1 Å². The third kappa shape index (κ3) is 5.18. The topological polar surface area (TPSA) is 93.1 Å². The van der Waals surface area contributed by atoms with Crippen LogP contribution in [0.1, 0.15) is 18.2 Å². The number of sulfonamides is 1. The molecule has 1 aromatic heterocycles. The maximum absolute atomic E-state index is 12.2. The molecular formula is C21H22N4O3S. The number of benzene rings is 2. The predicted octanol–water partition coefficient (Wildman–Crippen LogP) is 3.13. The van der Waals surface area contributed by atoms with Crippen molar-refractivity contribution in [2.24, 2.45) is 0 Å². The van der Waals surface area contributed by atoms with E-state index < -0.39 is 10.0 Å². The third-order valence-electron chi connectivity index (χ3n) is 4.14. The normalized spacial score (nSPS) is 11.7. The number of amides is 1. The van der Waals surface area contributed by atoms with Crippen LogP contribution in [0.25, 0.3) is 11.8 Å². The summed E-state index contributed by atoms with van der Waals surface area (Å²) in [6, 6.07) is 15.6. The molecule has 8 heteroatoms. The molecule has 0 aliphatic carbocycles. The van der Waals surface area contributed by atoms with Gasteiger partial charge in [-0.15, -0.1) is 0 Å². The van der Waals surface area contributed by atoms with Crippen molar-refractivity contribution in [3.63, 3.8) is 0 Å². The number of hydrogen-bond acceptors (Lipinski definition) is 4. The van der Waals surface area contributed by atoms with E-state index in [0.717, 1.165) is 16.9 Å². The number of carbonyl (C=O) groups is 1. The van der Waals surface area contributed by atoms with Crippen molar-refractivity contribution in [1.29, 1.82) is 0 Å². The van der Waals surface area contributed by atoms with Gasteiger partial charge in [-0.2, -0.15) is 5.10 Å². The van der Waals surface area contributed by atoms with Crippen molar-refractivity contribution >= 4 is 27.7 Å². The molecule has 1 amide bonds. The standard InChI is InChI=1S/C21H22N4O3S/c1-3-23-29(27,28)20-10-7-17(8-11-20)9-12-21(26)24-18-5-4-6-19(15-18)25-16(2)13-14-22-25/h4-15,23H,3H2,1-2H3,(H,24,26)/b12-9+. The van der Waals surface area contributed by atoms with Gasteiger partial charge in [-0.05, 0) is 55.0 Å².